The highest BCUT2D eigenvalue weighted by molar-refractivity contribution is 5.45. The van der Waals surface area contributed by atoms with Gasteiger partial charge in [-0.25, -0.2) is 4.98 Å². The van der Waals surface area contributed by atoms with Gasteiger partial charge in [0.15, 0.2) is 0 Å². The zero-order valence-corrected chi connectivity index (χ0v) is 10.8. The maximum absolute atomic E-state index is 6.26. The summed E-state index contributed by atoms with van der Waals surface area (Å²) >= 11 is 0. The third-order valence-electron chi connectivity index (χ3n) is 3.86. The molecule has 94 valence electrons. The molecule has 0 saturated heterocycles. The fraction of sp³-hybridized carbons (Fsp3) is 0.400. The minimum absolute atomic E-state index is 0.268. The van der Waals surface area contributed by atoms with Crippen LogP contribution in [0.5, 0.6) is 0 Å². The number of anilines is 1. The van der Waals surface area contributed by atoms with Crippen LogP contribution >= 0.6 is 0 Å². The molecular weight excluding hydrogens is 222 g/mol. The predicted molar refractivity (Wildman–Crippen MR) is 73.5 cm³/mol. The molecule has 0 amide bonds. The highest BCUT2D eigenvalue weighted by Gasteiger charge is 2.21. The lowest BCUT2D eigenvalue weighted by Gasteiger charge is -2.14. The number of rotatable bonds is 2. The van der Waals surface area contributed by atoms with E-state index in [0.717, 1.165) is 30.3 Å². The van der Waals surface area contributed by atoms with Gasteiger partial charge in [0.1, 0.15) is 11.6 Å². The average molecular weight is 241 g/mol. The number of nitrogens with zero attached hydrogens (tertiary/aromatic N) is 2. The number of benzene rings is 1. The maximum Gasteiger partial charge on any atom is 0.127 e. The van der Waals surface area contributed by atoms with Crippen LogP contribution in [-0.4, -0.2) is 9.55 Å². The van der Waals surface area contributed by atoms with Crippen LogP contribution in [0.2, 0.25) is 0 Å². The van der Waals surface area contributed by atoms with E-state index >= 15 is 0 Å². The van der Waals surface area contributed by atoms with Crippen LogP contribution in [0.25, 0.3) is 0 Å². The van der Waals surface area contributed by atoms with Gasteiger partial charge in [-0.1, -0.05) is 37.3 Å². The summed E-state index contributed by atoms with van der Waals surface area (Å²) in [4.78, 5) is 4.76. The quantitative estimate of drug-likeness (QED) is 0.878. The van der Waals surface area contributed by atoms with E-state index in [2.05, 4.69) is 35.8 Å². The van der Waals surface area contributed by atoms with Gasteiger partial charge in [0.2, 0.25) is 0 Å². The Kier molecular flexibility index (Phi) is 2.82. The summed E-state index contributed by atoms with van der Waals surface area (Å²) in [5.74, 6) is 2.29. The molecule has 1 atom stereocenters. The Labute approximate surface area is 108 Å². The van der Waals surface area contributed by atoms with Crippen LogP contribution < -0.4 is 5.73 Å². The molecule has 1 aliphatic rings. The number of aromatic nitrogens is 2. The van der Waals surface area contributed by atoms with Gasteiger partial charge in [-0.15, -0.1) is 0 Å². The molecule has 3 nitrogen and oxygen atoms in total. The van der Waals surface area contributed by atoms with Gasteiger partial charge >= 0.3 is 0 Å². The summed E-state index contributed by atoms with van der Waals surface area (Å²) in [5.41, 5.74) is 8.58. The summed E-state index contributed by atoms with van der Waals surface area (Å²) < 4.78 is 2.19. The van der Waals surface area contributed by atoms with Crippen LogP contribution in [-0.2, 0) is 13.0 Å². The molecule has 2 aromatic rings. The molecule has 18 heavy (non-hydrogen) atoms. The van der Waals surface area contributed by atoms with E-state index in [1.165, 1.54) is 18.4 Å². The minimum atomic E-state index is 0.268. The molecule has 0 aliphatic carbocycles. The molecule has 1 aliphatic heterocycles. The largest absolute Gasteiger partial charge is 0.384 e. The van der Waals surface area contributed by atoms with Crippen LogP contribution in [0, 0.1) is 0 Å². The number of fused-ring (bicyclic) bond motifs is 1. The number of nitrogens with two attached hydrogens (primary N) is 1. The average Bonchev–Trinajstić information content (AvgIpc) is 2.77. The van der Waals surface area contributed by atoms with Crippen molar-refractivity contribution in [3.05, 3.63) is 47.4 Å². The molecule has 1 unspecified atom stereocenters. The molecule has 3 rings (SSSR count). The second-order valence-corrected chi connectivity index (χ2v) is 5.04. The van der Waals surface area contributed by atoms with Crippen molar-refractivity contribution in [2.45, 2.75) is 38.6 Å². The lowest BCUT2D eigenvalue weighted by atomic mass is 9.98. The van der Waals surface area contributed by atoms with E-state index in [-0.39, 0.29) is 5.92 Å². The highest BCUT2D eigenvalue weighted by Crippen LogP contribution is 2.30. The van der Waals surface area contributed by atoms with Crippen LogP contribution in [0.3, 0.4) is 0 Å². The fourth-order valence-electron chi connectivity index (χ4n) is 2.75. The predicted octanol–water partition coefficient (Wildman–Crippen LogP) is 2.95. The standard InChI is InChI=1S/C15H19N3/c1-11(12-7-3-2-4-8-12)14-15(16)18-10-6-5-9-13(18)17-14/h2-4,7-8,11H,5-6,9-10,16H2,1H3. The van der Waals surface area contributed by atoms with Crippen molar-refractivity contribution in [2.24, 2.45) is 0 Å². The van der Waals surface area contributed by atoms with Crippen molar-refractivity contribution in [2.75, 3.05) is 5.73 Å². The number of nitrogen functional groups attached to an aromatic ring is 1. The molecule has 0 radical (unpaired) electrons. The first-order chi connectivity index (χ1) is 8.77. The molecule has 3 heteroatoms. The summed E-state index contributed by atoms with van der Waals surface area (Å²) in [6, 6.07) is 10.5. The molecular formula is C15H19N3. The van der Waals surface area contributed by atoms with Crippen molar-refractivity contribution >= 4 is 5.82 Å². The van der Waals surface area contributed by atoms with Crippen LogP contribution in [0.1, 0.15) is 42.8 Å². The second kappa shape index (κ2) is 4.48. The van der Waals surface area contributed by atoms with Crippen molar-refractivity contribution in [1.82, 2.24) is 9.55 Å². The normalized spacial score (nSPS) is 16.3. The Morgan fingerprint density at radius 3 is 2.72 bits per heavy atom. The smallest absolute Gasteiger partial charge is 0.127 e. The summed E-state index contributed by atoms with van der Waals surface area (Å²) in [6.45, 7) is 3.20. The van der Waals surface area contributed by atoms with Gasteiger partial charge in [0, 0.05) is 18.9 Å². The van der Waals surface area contributed by atoms with Crippen molar-refractivity contribution in [1.29, 1.82) is 0 Å². The van der Waals surface area contributed by atoms with E-state index in [4.69, 9.17) is 10.7 Å². The summed E-state index contributed by atoms with van der Waals surface area (Å²) in [7, 11) is 0. The zero-order valence-electron chi connectivity index (χ0n) is 10.8. The Balaban J connectivity index is 2.00. The van der Waals surface area contributed by atoms with Crippen molar-refractivity contribution in [3.8, 4) is 0 Å². The Hall–Kier alpha value is -1.77. The molecule has 2 heterocycles. The van der Waals surface area contributed by atoms with Gasteiger partial charge in [-0.3, -0.25) is 0 Å². The molecule has 0 bridgehead atoms. The van der Waals surface area contributed by atoms with Gasteiger partial charge in [0.05, 0.1) is 5.69 Å². The molecule has 0 spiro atoms. The van der Waals surface area contributed by atoms with E-state index < -0.39 is 0 Å². The molecule has 1 aromatic carbocycles. The number of hydrogen-bond acceptors (Lipinski definition) is 2. The Morgan fingerprint density at radius 2 is 2.00 bits per heavy atom. The Bertz CT molecular complexity index is 542. The van der Waals surface area contributed by atoms with E-state index in [1.807, 2.05) is 6.07 Å². The highest BCUT2D eigenvalue weighted by atomic mass is 15.1. The lowest BCUT2D eigenvalue weighted by molar-refractivity contribution is 0.527. The lowest BCUT2D eigenvalue weighted by Crippen LogP contribution is -2.12. The third kappa shape index (κ3) is 1.80. The topological polar surface area (TPSA) is 43.8 Å². The molecule has 0 saturated carbocycles. The van der Waals surface area contributed by atoms with Gasteiger partial charge in [-0.05, 0) is 18.4 Å². The first kappa shape index (κ1) is 11.3. The molecule has 2 N–H and O–H groups in total. The van der Waals surface area contributed by atoms with Crippen molar-refractivity contribution in [3.63, 3.8) is 0 Å². The van der Waals surface area contributed by atoms with Crippen LogP contribution in [0.4, 0.5) is 5.82 Å². The first-order valence-electron chi connectivity index (χ1n) is 6.67. The maximum atomic E-state index is 6.26. The number of imidazole rings is 1. The molecule has 0 fully saturated rings. The van der Waals surface area contributed by atoms with E-state index in [9.17, 15) is 0 Å². The SMILES string of the molecule is CC(c1ccccc1)c1nc2n(c1N)CCCC2. The van der Waals surface area contributed by atoms with E-state index in [1.54, 1.807) is 0 Å². The molecule has 1 aromatic heterocycles. The third-order valence-corrected chi connectivity index (χ3v) is 3.86. The van der Waals surface area contributed by atoms with Gasteiger partial charge < -0.3 is 10.3 Å². The number of aryl methyl sites for hydroxylation is 1. The number of hydrogen-bond donors (Lipinski definition) is 1. The summed E-state index contributed by atoms with van der Waals surface area (Å²) in [6.07, 6.45) is 3.51. The van der Waals surface area contributed by atoms with E-state index in [0.29, 0.717) is 0 Å². The first-order valence-corrected chi connectivity index (χ1v) is 6.67. The van der Waals surface area contributed by atoms with Gasteiger partial charge in [-0.2, -0.15) is 0 Å². The fourth-order valence-corrected chi connectivity index (χ4v) is 2.75. The Morgan fingerprint density at radius 1 is 1.22 bits per heavy atom. The zero-order chi connectivity index (χ0) is 12.5. The van der Waals surface area contributed by atoms with Crippen LogP contribution in [0.15, 0.2) is 30.3 Å². The monoisotopic (exact) mass is 241 g/mol. The van der Waals surface area contributed by atoms with Crippen molar-refractivity contribution < 1.29 is 0 Å². The van der Waals surface area contributed by atoms with Gasteiger partial charge in [0.25, 0.3) is 0 Å². The second-order valence-electron chi connectivity index (χ2n) is 5.04. The minimum Gasteiger partial charge on any atom is -0.384 e. The summed E-state index contributed by atoms with van der Waals surface area (Å²) in [5, 5.41) is 0.